The van der Waals surface area contributed by atoms with Gasteiger partial charge in [0.2, 0.25) is 0 Å². The van der Waals surface area contributed by atoms with Crippen LogP contribution in [0.4, 0.5) is 0 Å². The molecule has 0 unspecified atom stereocenters. The van der Waals surface area contributed by atoms with E-state index in [9.17, 15) is 0 Å². The minimum Gasteiger partial charge on any atom is -0.0999 e. The summed E-state index contributed by atoms with van der Waals surface area (Å²) >= 11 is 0. The minimum atomic E-state index is 0.640. The molecule has 0 aliphatic heterocycles. The molecule has 1 fully saturated rings. The van der Waals surface area contributed by atoms with E-state index in [1.807, 2.05) is 0 Å². The predicted octanol–water partition coefficient (Wildman–Crippen LogP) is 4.95. The van der Waals surface area contributed by atoms with Crippen LogP contribution in [0.1, 0.15) is 65.7 Å². The van der Waals surface area contributed by atoms with Gasteiger partial charge < -0.3 is 0 Å². The highest BCUT2D eigenvalue weighted by Gasteiger charge is 2.34. The molecule has 0 bridgehead atoms. The molecule has 0 heterocycles. The normalized spacial score (nSPS) is 20.1. The summed E-state index contributed by atoms with van der Waals surface area (Å²) in [6.07, 6.45) is 9.44. The Balaban J connectivity index is 2.64. The molecule has 1 aliphatic carbocycles. The molecule has 1 aliphatic rings. The first-order valence-corrected chi connectivity index (χ1v) is 6.35. The maximum atomic E-state index is 4.11. The van der Waals surface area contributed by atoms with Crippen LogP contribution >= 0.6 is 0 Å². The molecule has 14 heavy (non-hydrogen) atoms. The average molecular weight is 194 g/mol. The van der Waals surface area contributed by atoms with Crippen molar-refractivity contribution in [3.05, 3.63) is 12.2 Å². The summed E-state index contributed by atoms with van der Waals surface area (Å²) in [5, 5.41) is 0. The Bertz CT molecular complexity index is 168. The molecule has 0 aromatic carbocycles. The molecule has 0 atom stereocenters. The SMILES string of the molecule is C=C1CCC(C(CC)(CC)CC)CC1. The smallest absolute Gasteiger partial charge is 0.0277 e. The van der Waals surface area contributed by atoms with E-state index in [-0.39, 0.29) is 0 Å². The molecular weight excluding hydrogens is 168 g/mol. The van der Waals surface area contributed by atoms with Crippen LogP contribution < -0.4 is 0 Å². The summed E-state index contributed by atoms with van der Waals surface area (Å²) in [5.74, 6) is 0.966. The molecule has 1 rings (SSSR count). The molecule has 0 heteroatoms. The first-order valence-electron chi connectivity index (χ1n) is 6.35. The third-order valence-corrected chi connectivity index (χ3v) is 4.67. The zero-order valence-electron chi connectivity index (χ0n) is 10.2. The Morgan fingerprint density at radius 3 is 1.86 bits per heavy atom. The largest absolute Gasteiger partial charge is 0.0999 e. The van der Waals surface area contributed by atoms with Gasteiger partial charge in [-0.3, -0.25) is 0 Å². The molecule has 0 amide bonds. The maximum absolute atomic E-state index is 4.11. The van der Waals surface area contributed by atoms with E-state index in [4.69, 9.17) is 0 Å². The van der Waals surface area contributed by atoms with Crippen molar-refractivity contribution in [2.75, 3.05) is 0 Å². The van der Waals surface area contributed by atoms with Crippen molar-refractivity contribution in [1.29, 1.82) is 0 Å². The van der Waals surface area contributed by atoms with Crippen LogP contribution in [0, 0.1) is 11.3 Å². The van der Waals surface area contributed by atoms with Crippen LogP contribution in [-0.4, -0.2) is 0 Å². The van der Waals surface area contributed by atoms with Gasteiger partial charge in [-0.25, -0.2) is 0 Å². The Kier molecular flexibility index (Phi) is 4.22. The van der Waals surface area contributed by atoms with Gasteiger partial charge in [0.25, 0.3) is 0 Å². The van der Waals surface area contributed by atoms with Gasteiger partial charge in [-0.1, -0.05) is 52.2 Å². The lowest BCUT2D eigenvalue weighted by molar-refractivity contribution is 0.109. The fraction of sp³-hybridized carbons (Fsp3) is 0.857. The molecule has 1 saturated carbocycles. The highest BCUT2D eigenvalue weighted by atomic mass is 14.4. The van der Waals surface area contributed by atoms with Crippen molar-refractivity contribution in [2.45, 2.75) is 65.7 Å². The van der Waals surface area contributed by atoms with Crippen molar-refractivity contribution in [2.24, 2.45) is 11.3 Å². The van der Waals surface area contributed by atoms with Crippen molar-refractivity contribution in [3.63, 3.8) is 0 Å². The first-order chi connectivity index (χ1) is 6.68. The van der Waals surface area contributed by atoms with Crippen molar-refractivity contribution < 1.29 is 0 Å². The molecule has 0 nitrogen and oxygen atoms in total. The molecule has 0 aromatic rings. The average Bonchev–Trinajstić information content (AvgIpc) is 2.24. The summed E-state index contributed by atoms with van der Waals surface area (Å²) < 4.78 is 0. The Labute approximate surface area is 89.8 Å². The molecule has 0 saturated heterocycles. The third kappa shape index (κ3) is 2.21. The summed E-state index contributed by atoms with van der Waals surface area (Å²) in [6, 6.07) is 0. The van der Waals surface area contributed by atoms with Crippen LogP contribution in [0.2, 0.25) is 0 Å². The van der Waals surface area contributed by atoms with Gasteiger partial charge in [-0.15, -0.1) is 0 Å². The molecule has 0 spiro atoms. The van der Waals surface area contributed by atoms with Gasteiger partial charge in [-0.2, -0.15) is 0 Å². The van der Waals surface area contributed by atoms with E-state index in [0.717, 1.165) is 5.92 Å². The van der Waals surface area contributed by atoms with Crippen LogP contribution in [0.3, 0.4) is 0 Å². The third-order valence-electron chi connectivity index (χ3n) is 4.67. The topological polar surface area (TPSA) is 0 Å². The van der Waals surface area contributed by atoms with Crippen LogP contribution in [0.15, 0.2) is 12.2 Å². The lowest BCUT2D eigenvalue weighted by Gasteiger charge is -2.41. The summed E-state index contributed by atoms with van der Waals surface area (Å²) in [7, 11) is 0. The quantitative estimate of drug-likeness (QED) is 0.555. The van der Waals surface area contributed by atoms with E-state index in [0.29, 0.717) is 5.41 Å². The molecule has 0 radical (unpaired) electrons. The second-order valence-electron chi connectivity index (χ2n) is 4.95. The Hall–Kier alpha value is -0.260. The number of hydrogen-bond donors (Lipinski definition) is 0. The fourth-order valence-electron chi connectivity index (χ4n) is 3.25. The maximum Gasteiger partial charge on any atom is -0.0277 e. The van der Waals surface area contributed by atoms with E-state index >= 15 is 0 Å². The summed E-state index contributed by atoms with van der Waals surface area (Å²) in [5.41, 5.74) is 2.12. The van der Waals surface area contributed by atoms with Gasteiger partial charge in [0.15, 0.2) is 0 Å². The summed E-state index contributed by atoms with van der Waals surface area (Å²) in [6.45, 7) is 11.2. The van der Waals surface area contributed by atoms with Crippen molar-refractivity contribution in [1.82, 2.24) is 0 Å². The van der Waals surface area contributed by atoms with E-state index in [2.05, 4.69) is 27.4 Å². The highest BCUT2D eigenvalue weighted by molar-refractivity contribution is 5.01. The molecule has 82 valence electrons. The molecule has 0 aromatic heterocycles. The number of hydrogen-bond acceptors (Lipinski definition) is 0. The zero-order chi connectivity index (χ0) is 10.6. The Morgan fingerprint density at radius 1 is 1.07 bits per heavy atom. The lowest BCUT2D eigenvalue weighted by Crippen LogP contribution is -2.30. The highest BCUT2D eigenvalue weighted by Crippen LogP contribution is 2.46. The second-order valence-corrected chi connectivity index (χ2v) is 4.95. The van der Waals surface area contributed by atoms with E-state index in [1.165, 1.54) is 50.5 Å². The van der Waals surface area contributed by atoms with Crippen LogP contribution in [-0.2, 0) is 0 Å². The lowest BCUT2D eigenvalue weighted by atomic mass is 9.64. The molecule has 0 N–H and O–H groups in total. The van der Waals surface area contributed by atoms with Crippen molar-refractivity contribution in [3.8, 4) is 0 Å². The minimum absolute atomic E-state index is 0.640. The monoisotopic (exact) mass is 194 g/mol. The summed E-state index contributed by atoms with van der Waals surface area (Å²) in [4.78, 5) is 0. The van der Waals surface area contributed by atoms with Gasteiger partial charge in [0.05, 0.1) is 0 Å². The van der Waals surface area contributed by atoms with Gasteiger partial charge in [0, 0.05) is 0 Å². The van der Waals surface area contributed by atoms with Gasteiger partial charge >= 0.3 is 0 Å². The van der Waals surface area contributed by atoms with Crippen LogP contribution in [0.5, 0.6) is 0 Å². The van der Waals surface area contributed by atoms with E-state index in [1.54, 1.807) is 0 Å². The van der Waals surface area contributed by atoms with E-state index < -0.39 is 0 Å². The standard InChI is InChI=1S/C14H26/c1-5-14(6-2,7-3)13-10-8-12(4)9-11-13/h13H,4-11H2,1-3H3. The predicted molar refractivity (Wildman–Crippen MR) is 64.4 cm³/mol. The van der Waals surface area contributed by atoms with Crippen LogP contribution in [0.25, 0.3) is 0 Å². The molecular formula is C14H26. The first kappa shape index (κ1) is 11.8. The fourth-order valence-corrected chi connectivity index (χ4v) is 3.25. The number of rotatable bonds is 4. The number of allylic oxidation sites excluding steroid dienone is 1. The van der Waals surface area contributed by atoms with Gasteiger partial charge in [-0.05, 0) is 37.0 Å². The second kappa shape index (κ2) is 5.00. The van der Waals surface area contributed by atoms with Crippen molar-refractivity contribution >= 4 is 0 Å². The Morgan fingerprint density at radius 2 is 1.50 bits per heavy atom. The van der Waals surface area contributed by atoms with Gasteiger partial charge in [0.1, 0.15) is 0 Å². The zero-order valence-corrected chi connectivity index (χ0v) is 10.2.